The molecule has 0 bridgehead atoms. The fourth-order valence-corrected chi connectivity index (χ4v) is 3.63. The largest absolute Gasteiger partial charge is 0.327 e. The highest BCUT2D eigenvalue weighted by molar-refractivity contribution is 9.10. The Morgan fingerprint density at radius 3 is 2.67 bits per heavy atom. The summed E-state index contributed by atoms with van der Waals surface area (Å²) in [5.74, 6) is -0.141. The van der Waals surface area contributed by atoms with Crippen LogP contribution in [0.5, 0.6) is 0 Å². The first-order valence-electron chi connectivity index (χ1n) is 6.77. The van der Waals surface area contributed by atoms with Gasteiger partial charge in [0, 0.05) is 10.5 Å². The van der Waals surface area contributed by atoms with Crippen LogP contribution >= 0.6 is 15.9 Å². The van der Waals surface area contributed by atoms with Crippen LogP contribution in [0.2, 0.25) is 0 Å². The lowest BCUT2D eigenvalue weighted by Crippen LogP contribution is -2.41. The van der Waals surface area contributed by atoms with Gasteiger partial charge in [-0.3, -0.25) is 0 Å². The summed E-state index contributed by atoms with van der Waals surface area (Å²) in [5, 5.41) is 0. The normalized spacial score (nSPS) is 20.0. The summed E-state index contributed by atoms with van der Waals surface area (Å²) in [5.41, 5.74) is 7.36. The molecule has 2 rings (SSSR count). The second kappa shape index (κ2) is 5.70. The first-order valence-corrected chi connectivity index (χ1v) is 7.56. The monoisotopic (exact) mass is 313 g/mol. The van der Waals surface area contributed by atoms with E-state index in [9.17, 15) is 4.39 Å². The lowest BCUT2D eigenvalue weighted by molar-refractivity contribution is 0.218. The predicted octanol–water partition coefficient (Wildman–Crippen LogP) is 4.43. The molecule has 18 heavy (non-hydrogen) atoms. The third-order valence-electron chi connectivity index (χ3n) is 4.54. The Labute approximate surface area is 117 Å². The smallest absolute Gasteiger partial charge is 0.126 e. The molecule has 2 N–H and O–H groups in total. The molecular weight excluding hydrogens is 293 g/mol. The Bertz CT molecular complexity index is 413. The standard InChI is InChI=1S/C15H21BrFN/c1-2-15(7-3-4-8-15)14(18)10-11-9-12(16)5-6-13(11)17/h5-6,9,14H,2-4,7-8,10,18H2,1H3. The molecule has 1 aliphatic carbocycles. The molecular formula is C15H21BrFN. The Balaban J connectivity index is 2.15. The minimum atomic E-state index is -0.141. The lowest BCUT2D eigenvalue weighted by atomic mass is 9.74. The van der Waals surface area contributed by atoms with Crippen LogP contribution in [-0.2, 0) is 6.42 Å². The zero-order valence-electron chi connectivity index (χ0n) is 10.9. The van der Waals surface area contributed by atoms with Crippen LogP contribution in [0, 0.1) is 11.2 Å². The third kappa shape index (κ3) is 2.77. The van der Waals surface area contributed by atoms with E-state index >= 15 is 0 Å². The third-order valence-corrected chi connectivity index (χ3v) is 5.03. The molecule has 1 nitrogen and oxygen atoms in total. The van der Waals surface area contributed by atoms with Crippen molar-refractivity contribution in [3.63, 3.8) is 0 Å². The van der Waals surface area contributed by atoms with Crippen molar-refractivity contribution < 1.29 is 4.39 Å². The van der Waals surface area contributed by atoms with E-state index in [0.29, 0.717) is 6.42 Å². The van der Waals surface area contributed by atoms with Gasteiger partial charge < -0.3 is 5.73 Å². The molecule has 0 heterocycles. The van der Waals surface area contributed by atoms with E-state index in [1.54, 1.807) is 6.07 Å². The van der Waals surface area contributed by atoms with Crippen molar-refractivity contribution in [2.45, 2.75) is 51.5 Å². The van der Waals surface area contributed by atoms with Gasteiger partial charge in [0.05, 0.1) is 0 Å². The van der Waals surface area contributed by atoms with Crippen LogP contribution in [0.4, 0.5) is 4.39 Å². The van der Waals surface area contributed by atoms with Gasteiger partial charge in [0.1, 0.15) is 5.82 Å². The van der Waals surface area contributed by atoms with Gasteiger partial charge in [0.2, 0.25) is 0 Å². The molecule has 1 aromatic rings. The summed E-state index contributed by atoms with van der Waals surface area (Å²) in [6.45, 7) is 2.21. The molecule has 0 aliphatic heterocycles. The van der Waals surface area contributed by atoms with E-state index in [2.05, 4.69) is 22.9 Å². The van der Waals surface area contributed by atoms with E-state index in [4.69, 9.17) is 5.73 Å². The summed E-state index contributed by atoms with van der Waals surface area (Å²) in [6, 6.07) is 5.16. The molecule has 0 amide bonds. The van der Waals surface area contributed by atoms with Crippen LogP contribution in [0.25, 0.3) is 0 Å². The fraction of sp³-hybridized carbons (Fsp3) is 0.600. The Morgan fingerprint density at radius 2 is 2.06 bits per heavy atom. The molecule has 0 saturated heterocycles. The van der Waals surface area contributed by atoms with Crippen molar-refractivity contribution in [2.24, 2.45) is 11.1 Å². The minimum Gasteiger partial charge on any atom is -0.327 e. The second-order valence-electron chi connectivity index (χ2n) is 5.47. The fourth-order valence-electron chi connectivity index (χ4n) is 3.22. The SMILES string of the molecule is CCC1(C(N)Cc2cc(Br)ccc2F)CCCC1. The second-order valence-corrected chi connectivity index (χ2v) is 6.39. The molecule has 1 aromatic carbocycles. The number of hydrogen-bond acceptors (Lipinski definition) is 1. The molecule has 1 atom stereocenters. The van der Waals surface area contributed by atoms with E-state index in [0.717, 1.165) is 16.5 Å². The van der Waals surface area contributed by atoms with Crippen LogP contribution in [0.3, 0.4) is 0 Å². The van der Waals surface area contributed by atoms with E-state index in [1.807, 2.05) is 6.07 Å². The van der Waals surface area contributed by atoms with Crippen LogP contribution in [0.15, 0.2) is 22.7 Å². The average molecular weight is 314 g/mol. The summed E-state index contributed by atoms with van der Waals surface area (Å²) in [4.78, 5) is 0. The lowest BCUT2D eigenvalue weighted by Gasteiger charge is -2.34. The van der Waals surface area contributed by atoms with Gasteiger partial charge in [-0.1, -0.05) is 35.7 Å². The first-order chi connectivity index (χ1) is 8.57. The summed E-state index contributed by atoms with van der Waals surface area (Å²) < 4.78 is 14.7. The molecule has 0 radical (unpaired) electrons. The number of halogens is 2. The molecule has 1 fully saturated rings. The van der Waals surface area contributed by atoms with Crippen molar-refractivity contribution in [3.8, 4) is 0 Å². The highest BCUT2D eigenvalue weighted by Crippen LogP contribution is 2.44. The summed E-state index contributed by atoms with van der Waals surface area (Å²) in [7, 11) is 0. The van der Waals surface area contributed by atoms with Crippen LogP contribution in [-0.4, -0.2) is 6.04 Å². The predicted molar refractivity (Wildman–Crippen MR) is 77.0 cm³/mol. The van der Waals surface area contributed by atoms with Crippen molar-refractivity contribution in [2.75, 3.05) is 0 Å². The Morgan fingerprint density at radius 1 is 1.39 bits per heavy atom. The molecule has 3 heteroatoms. The highest BCUT2D eigenvalue weighted by Gasteiger charge is 2.37. The van der Waals surface area contributed by atoms with Crippen molar-refractivity contribution in [1.29, 1.82) is 0 Å². The zero-order valence-corrected chi connectivity index (χ0v) is 12.5. The maximum absolute atomic E-state index is 13.8. The number of benzene rings is 1. The van der Waals surface area contributed by atoms with Crippen molar-refractivity contribution in [3.05, 3.63) is 34.1 Å². The molecule has 0 aromatic heterocycles. The van der Waals surface area contributed by atoms with E-state index < -0.39 is 0 Å². The van der Waals surface area contributed by atoms with E-state index in [-0.39, 0.29) is 17.3 Å². The first kappa shape index (κ1) is 14.0. The quantitative estimate of drug-likeness (QED) is 0.874. The van der Waals surface area contributed by atoms with E-state index in [1.165, 1.54) is 31.7 Å². The van der Waals surface area contributed by atoms with Crippen LogP contribution in [0.1, 0.15) is 44.6 Å². The molecule has 0 spiro atoms. The number of rotatable bonds is 4. The molecule has 1 unspecified atom stereocenters. The highest BCUT2D eigenvalue weighted by atomic mass is 79.9. The van der Waals surface area contributed by atoms with Gasteiger partial charge in [0.25, 0.3) is 0 Å². The van der Waals surface area contributed by atoms with Crippen molar-refractivity contribution in [1.82, 2.24) is 0 Å². The van der Waals surface area contributed by atoms with Gasteiger partial charge in [-0.25, -0.2) is 4.39 Å². The van der Waals surface area contributed by atoms with Crippen molar-refractivity contribution >= 4 is 15.9 Å². The molecule has 100 valence electrons. The average Bonchev–Trinajstić information content (AvgIpc) is 2.84. The van der Waals surface area contributed by atoms with Gasteiger partial charge in [-0.15, -0.1) is 0 Å². The molecule has 1 aliphatic rings. The maximum atomic E-state index is 13.8. The summed E-state index contributed by atoms with van der Waals surface area (Å²) in [6.07, 6.45) is 6.66. The minimum absolute atomic E-state index is 0.0637. The van der Waals surface area contributed by atoms with Crippen LogP contribution < -0.4 is 5.73 Å². The number of nitrogens with two attached hydrogens (primary N) is 1. The van der Waals surface area contributed by atoms with Gasteiger partial charge in [-0.2, -0.15) is 0 Å². The maximum Gasteiger partial charge on any atom is 0.126 e. The summed E-state index contributed by atoms with van der Waals surface area (Å²) >= 11 is 3.39. The van der Waals surface area contributed by atoms with Gasteiger partial charge >= 0.3 is 0 Å². The topological polar surface area (TPSA) is 26.0 Å². The Kier molecular flexibility index (Phi) is 4.44. The van der Waals surface area contributed by atoms with Gasteiger partial charge in [-0.05, 0) is 54.9 Å². The Hall–Kier alpha value is -0.410. The molecule has 1 saturated carbocycles. The number of hydrogen-bond donors (Lipinski definition) is 1. The van der Waals surface area contributed by atoms with Gasteiger partial charge in [0.15, 0.2) is 0 Å². The zero-order chi connectivity index (χ0) is 13.2.